The number of ether oxygens (including phenoxy) is 2. The molecule has 0 saturated heterocycles. The van der Waals surface area contributed by atoms with Crippen LogP contribution in [0.3, 0.4) is 0 Å². The minimum Gasteiger partial charge on any atom is -0.493 e. The van der Waals surface area contributed by atoms with Gasteiger partial charge >= 0.3 is 0 Å². The third-order valence-corrected chi connectivity index (χ3v) is 3.26. The molecule has 1 N–H and O–H groups in total. The Hall–Kier alpha value is -0.930. The van der Waals surface area contributed by atoms with Gasteiger partial charge in [0.05, 0.1) is 13.2 Å². The first kappa shape index (κ1) is 17.1. The number of benzene rings is 1. The number of halogens is 1. The molecule has 1 rings (SSSR count). The van der Waals surface area contributed by atoms with Gasteiger partial charge in [-0.2, -0.15) is 0 Å². The smallest absolute Gasteiger partial charge is 0.163 e. The van der Waals surface area contributed by atoms with E-state index in [9.17, 15) is 0 Å². The van der Waals surface area contributed by atoms with Gasteiger partial charge in [-0.15, -0.1) is 0 Å². The minimum atomic E-state index is 0.0926. The van der Waals surface area contributed by atoms with E-state index in [2.05, 4.69) is 19.2 Å². The Labute approximate surface area is 127 Å². The lowest BCUT2D eigenvalue weighted by Gasteiger charge is -2.16. The SMILES string of the molecule is COc1cc(CNCCC(C)C)c(Cl)cc1OC(C)C. The highest BCUT2D eigenvalue weighted by Gasteiger charge is 2.11. The summed E-state index contributed by atoms with van der Waals surface area (Å²) in [5, 5.41) is 4.11. The summed E-state index contributed by atoms with van der Waals surface area (Å²) in [5.41, 5.74) is 1.03. The predicted molar refractivity (Wildman–Crippen MR) is 84.9 cm³/mol. The van der Waals surface area contributed by atoms with Crippen LogP contribution >= 0.6 is 11.6 Å². The van der Waals surface area contributed by atoms with Crippen molar-refractivity contribution in [1.82, 2.24) is 5.32 Å². The second-order valence-electron chi connectivity index (χ2n) is 5.62. The summed E-state index contributed by atoms with van der Waals surface area (Å²) in [7, 11) is 1.65. The molecule has 114 valence electrons. The van der Waals surface area contributed by atoms with Crippen LogP contribution < -0.4 is 14.8 Å². The molecule has 4 heteroatoms. The second kappa shape index (κ2) is 8.38. The predicted octanol–water partition coefficient (Wildman–Crippen LogP) is 4.27. The quantitative estimate of drug-likeness (QED) is 0.727. The fraction of sp³-hybridized carbons (Fsp3) is 0.625. The van der Waals surface area contributed by atoms with Crippen molar-refractivity contribution in [1.29, 1.82) is 0 Å². The maximum absolute atomic E-state index is 6.31. The lowest BCUT2D eigenvalue weighted by Crippen LogP contribution is -2.16. The molecule has 0 spiro atoms. The van der Waals surface area contributed by atoms with Crippen LogP contribution in [0.1, 0.15) is 39.7 Å². The first-order chi connectivity index (χ1) is 9.43. The molecule has 0 fully saturated rings. The summed E-state index contributed by atoms with van der Waals surface area (Å²) in [6.07, 6.45) is 1.25. The van der Waals surface area contributed by atoms with E-state index < -0.39 is 0 Å². The number of hydrogen-bond acceptors (Lipinski definition) is 3. The summed E-state index contributed by atoms with van der Waals surface area (Å²) in [6.45, 7) is 10.1. The Morgan fingerprint density at radius 3 is 2.40 bits per heavy atom. The molecule has 0 amide bonds. The molecule has 0 aromatic heterocycles. The number of rotatable bonds is 8. The van der Waals surface area contributed by atoms with Gasteiger partial charge in [-0.25, -0.2) is 0 Å². The molecule has 0 aliphatic rings. The van der Waals surface area contributed by atoms with E-state index in [0.29, 0.717) is 16.7 Å². The Morgan fingerprint density at radius 2 is 1.85 bits per heavy atom. The lowest BCUT2D eigenvalue weighted by atomic mass is 10.1. The summed E-state index contributed by atoms with van der Waals surface area (Å²) >= 11 is 6.31. The van der Waals surface area contributed by atoms with Gasteiger partial charge in [-0.3, -0.25) is 0 Å². The average Bonchev–Trinajstić information content (AvgIpc) is 2.35. The highest BCUT2D eigenvalue weighted by Crippen LogP contribution is 2.34. The summed E-state index contributed by atoms with van der Waals surface area (Å²) in [5.74, 6) is 2.12. The fourth-order valence-corrected chi connectivity index (χ4v) is 2.05. The van der Waals surface area contributed by atoms with Crippen molar-refractivity contribution in [2.45, 2.75) is 46.8 Å². The monoisotopic (exact) mass is 299 g/mol. The first-order valence-electron chi connectivity index (χ1n) is 7.17. The largest absolute Gasteiger partial charge is 0.493 e. The zero-order valence-corrected chi connectivity index (χ0v) is 13.9. The normalized spacial score (nSPS) is 11.2. The standard InChI is InChI=1S/C16H26ClNO2/c1-11(2)6-7-18-10-13-8-15(19-5)16(9-14(13)17)20-12(3)4/h8-9,11-12,18H,6-7,10H2,1-5H3. The molecular weight excluding hydrogens is 274 g/mol. The van der Waals surface area contributed by atoms with Crippen molar-refractivity contribution >= 4 is 11.6 Å². The highest BCUT2D eigenvalue weighted by molar-refractivity contribution is 6.31. The topological polar surface area (TPSA) is 30.5 Å². The molecule has 0 bridgehead atoms. The molecule has 0 atom stereocenters. The first-order valence-corrected chi connectivity index (χ1v) is 7.55. The van der Waals surface area contributed by atoms with Crippen molar-refractivity contribution in [2.75, 3.05) is 13.7 Å². The van der Waals surface area contributed by atoms with Crippen LogP contribution in [0.15, 0.2) is 12.1 Å². The third kappa shape index (κ3) is 5.59. The molecular formula is C16H26ClNO2. The van der Waals surface area contributed by atoms with E-state index in [4.69, 9.17) is 21.1 Å². The van der Waals surface area contributed by atoms with Gasteiger partial charge in [0.25, 0.3) is 0 Å². The van der Waals surface area contributed by atoms with Crippen molar-refractivity contribution < 1.29 is 9.47 Å². The molecule has 1 aromatic carbocycles. The fourth-order valence-electron chi connectivity index (χ4n) is 1.83. The maximum atomic E-state index is 6.31. The third-order valence-electron chi connectivity index (χ3n) is 2.91. The molecule has 1 aromatic rings. The number of hydrogen-bond donors (Lipinski definition) is 1. The molecule has 0 aliphatic heterocycles. The Kier molecular flexibility index (Phi) is 7.17. The number of nitrogens with one attached hydrogen (secondary N) is 1. The van der Waals surface area contributed by atoms with Crippen LogP contribution in [0.2, 0.25) is 5.02 Å². The van der Waals surface area contributed by atoms with Gasteiger partial charge in [-0.1, -0.05) is 25.4 Å². The van der Waals surface area contributed by atoms with Gasteiger partial charge < -0.3 is 14.8 Å². The Morgan fingerprint density at radius 1 is 1.15 bits per heavy atom. The van der Waals surface area contributed by atoms with E-state index in [1.807, 2.05) is 26.0 Å². The number of methoxy groups -OCH3 is 1. The van der Waals surface area contributed by atoms with Crippen LogP contribution in [-0.4, -0.2) is 19.8 Å². The lowest BCUT2D eigenvalue weighted by molar-refractivity contribution is 0.230. The van der Waals surface area contributed by atoms with Crippen LogP contribution in [0.25, 0.3) is 0 Å². The van der Waals surface area contributed by atoms with E-state index >= 15 is 0 Å². The Bertz CT molecular complexity index is 419. The molecule has 20 heavy (non-hydrogen) atoms. The highest BCUT2D eigenvalue weighted by atomic mass is 35.5. The van der Waals surface area contributed by atoms with E-state index in [0.717, 1.165) is 30.8 Å². The zero-order valence-electron chi connectivity index (χ0n) is 13.1. The van der Waals surface area contributed by atoms with E-state index in [1.54, 1.807) is 7.11 Å². The minimum absolute atomic E-state index is 0.0926. The summed E-state index contributed by atoms with van der Waals surface area (Å²) in [4.78, 5) is 0. The molecule has 0 unspecified atom stereocenters. The van der Waals surface area contributed by atoms with E-state index in [1.165, 1.54) is 0 Å². The van der Waals surface area contributed by atoms with Crippen molar-refractivity contribution in [3.63, 3.8) is 0 Å². The van der Waals surface area contributed by atoms with Crippen molar-refractivity contribution in [3.05, 3.63) is 22.7 Å². The van der Waals surface area contributed by atoms with Gasteiger partial charge in [0.15, 0.2) is 11.5 Å². The van der Waals surface area contributed by atoms with Crippen LogP contribution in [0, 0.1) is 5.92 Å². The molecule has 0 radical (unpaired) electrons. The van der Waals surface area contributed by atoms with Crippen LogP contribution in [0.4, 0.5) is 0 Å². The summed E-state index contributed by atoms with van der Waals surface area (Å²) < 4.78 is 11.1. The van der Waals surface area contributed by atoms with Crippen molar-refractivity contribution in [3.8, 4) is 11.5 Å². The Balaban J connectivity index is 2.72. The van der Waals surface area contributed by atoms with Gasteiger partial charge in [0.1, 0.15) is 0 Å². The average molecular weight is 300 g/mol. The van der Waals surface area contributed by atoms with Gasteiger partial charge in [0.2, 0.25) is 0 Å². The maximum Gasteiger partial charge on any atom is 0.163 e. The van der Waals surface area contributed by atoms with Gasteiger partial charge in [-0.05, 0) is 44.4 Å². The van der Waals surface area contributed by atoms with Crippen LogP contribution in [-0.2, 0) is 6.54 Å². The molecule has 0 saturated carbocycles. The molecule has 0 heterocycles. The second-order valence-corrected chi connectivity index (χ2v) is 6.03. The zero-order chi connectivity index (χ0) is 15.1. The van der Waals surface area contributed by atoms with Gasteiger partial charge in [0, 0.05) is 17.6 Å². The van der Waals surface area contributed by atoms with E-state index in [-0.39, 0.29) is 6.10 Å². The van der Waals surface area contributed by atoms with Crippen molar-refractivity contribution in [2.24, 2.45) is 5.92 Å². The molecule has 3 nitrogen and oxygen atoms in total. The van der Waals surface area contributed by atoms with Crippen LogP contribution in [0.5, 0.6) is 11.5 Å². The molecule has 0 aliphatic carbocycles. The summed E-state index contributed by atoms with van der Waals surface area (Å²) in [6, 6.07) is 3.78.